The lowest BCUT2D eigenvalue weighted by molar-refractivity contribution is -0.319. The number of rotatable bonds is 4. The molecule has 2 unspecified atom stereocenters. The number of hydrogen-bond donors (Lipinski definition) is 5. The minimum absolute atomic E-state index is 0.00690. The molecule has 12 atom stereocenters. The molecule has 188 valence electrons. The predicted octanol–water partition coefficient (Wildman–Crippen LogP) is 2.66. The van der Waals surface area contributed by atoms with Gasteiger partial charge < -0.3 is 35.0 Å². The van der Waals surface area contributed by atoms with Crippen LogP contribution < -0.4 is 0 Å². The van der Waals surface area contributed by atoms with Gasteiger partial charge in [0.1, 0.15) is 24.4 Å². The summed E-state index contributed by atoms with van der Waals surface area (Å²) >= 11 is 0. The summed E-state index contributed by atoms with van der Waals surface area (Å²) in [6, 6.07) is 0. The lowest BCUT2D eigenvalue weighted by atomic mass is 9.50. The van der Waals surface area contributed by atoms with Crippen LogP contribution in [0.5, 0.6) is 0 Å². The standard InChI is InChI=1S/C26H42O7/c1-3-13-10-17-14(11-19(13)28)4-5-16-15(17)8-9-26(2)18(16)6-7-21(26)33-25-24(31)23(30)22(29)20(12-27)32-25/h14-18,20-25,27-31H,3-12H2,1-2H3/t14?,15-,16+,17-,18-,20+,21-,22+,23-,24+,25?,26-/m0/s1. The van der Waals surface area contributed by atoms with E-state index in [0.717, 1.165) is 38.5 Å². The first-order valence-corrected chi connectivity index (χ1v) is 13.1. The van der Waals surface area contributed by atoms with Crippen LogP contribution in [-0.2, 0) is 9.47 Å². The van der Waals surface area contributed by atoms with Crippen molar-refractivity contribution >= 4 is 0 Å². The number of allylic oxidation sites excluding steroid dienone is 2. The first-order valence-electron chi connectivity index (χ1n) is 13.1. The smallest absolute Gasteiger partial charge is 0.186 e. The van der Waals surface area contributed by atoms with Crippen LogP contribution in [0.2, 0.25) is 0 Å². The van der Waals surface area contributed by atoms with Gasteiger partial charge in [0.2, 0.25) is 0 Å². The number of aliphatic hydroxyl groups excluding tert-OH is 5. The van der Waals surface area contributed by atoms with Crippen molar-refractivity contribution in [1.29, 1.82) is 0 Å². The van der Waals surface area contributed by atoms with Crippen LogP contribution in [0.4, 0.5) is 0 Å². The molecule has 3 saturated carbocycles. The van der Waals surface area contributed by atoms with Crippen LogP contribution in [0, 0.1) is 35.0 Å². The third kappa shape index (κ3) is 3.87. The molecule has 1 aliphatic heterocycles. The van der Waals surface area contributed by atoms with Crippen LogP contribution in [0.1, 0.15) is 71.6 Å². The van der Waals surface area contributed by atoms with E-state index < -0.39 is 37.3 Å². The van der Waals surface area contributed by atoms with E-state index in [0.29, 0.717) is 35.3 Å². The van der Waals surface area contributed by atoms with Gasteiger partial charge in [0, 0.05) is 6.42 Å². The summed E-state index contributed by atoms with van der Waals surface area (Å²) in [4.78, 5) is 0. The van der Waals surface area contributed by atoms with Gasteiger partial charge in [-0.15, -0.1) is 0 Å². The quantitative estimate of drug-likeness (QED) is 0.432. The van der Waals surface area contributed by atoms with Gasteiger partial charge in [-0.1, -0.05) is 13.8 Å². The molecule has 1 saturated heterocycles. The van der Waals surface area contributed by atoms with Crippen molar-refractivity contribution in [2.24, 2.45) is 35.0 Å². The summed E-state index contributed by atoms with van der Waals surface area (Å²) in [6.07, 6.45) is 3.34. The molecule has 1 heterocycles. The Morgan fingerprint density at radius 1 is 0.939 bits per heavy atom. The van der Waals surface area contributed by atoms with Crippen molar-refractivity contribution in [1.82, 2.24) is 0 Å². The maximum absolute atomic E-state index is 10.5. The molecular weight excluding hydrogens is 424 g/mol. The van der Waals surface area contributed by atoms with Gasteiger partial charge in [-0.05, 0) is 91.9 Å². The summed E-state index contributed by atoms with van der Waals surface area (Å²) in [5, 5.41) is 50.7. The Bertz CT molecular complexity index is 753. The molecule has 0 aromatic heterocycles. The van der Waals surface area contributed by atoms with E-state index in [4.69, 9.17) is 9.47 Å². The van der Waals surface area contributed by atoms with Gasteiger partial charge in [-0.3, -0.25) is 0 Å². The van der Waals surface area contributed by atoms with Crippen LogP contribution in [-0.4, -0.2) is 68.9 Å². The average molecular weight is 467 g/mol. The Morgan fingerprint density at radius 2 is 1.73 bits per heavy atom. The van der Waals surface area contributed by atoms with E-state index in [9.17, 15) is 25.5 Å². The van der Waals surface area contributed by atoms with Crippen LogP contribution in [0.15, 0.2) is 11.3 Å². The third-order valence-corrected chi connectivity index (χ3v) is 10.4. The number of hydrogen-bond acceptors (Lipinski definition) is 7. The summed E-state index contributed by atoms with van der Waals surface area (Å²) in [5.74, 6) is 3.91. The van der Waals surface area contributed by atoms with E-state index in [2.05, 4.69) is 13.8 Å². The van der Waals surface area contributed by atoms with Gasteiger partial charge in [0.05, 0.1) is 18.5 Å². The number of fused-ring (bicyclic) bond motifs is 5. The monoisotopic (exact) mass is 466 g/mol. The first-order chi connectivity index (χ1) is 15.8. The van der Waals surface area contributed by atoms with Gasteiger partial charge in [-0.25, -0.2) is 0 Å². The number of aliphatic hydroxyl groups is 5. The topological polar surface area (TPSA) is 120 Å². The SMILES string of the molecule is CCC1=C(O)CC2CC[C@@H]3[C@H](CC[C@]4(C)[C@@H](OC5O[C@H](CO)[C@@H](O)[C@H](O)[C@H]5O)CC[C@@H]34)[C@H]2C1. The van der Waals surface area contributed by atoms with Crippen LogP contribution in [0.25, 0.3) is 0 Å². The molecule has 33 heavy (non-hydrogen) atoms. The Morgan fingerprint density at radius 3 is 2.45 bits per heavy atom. The van der Waals surface area contributed by atoms with Crippen molar-refractivity contribution in [3.63, 3.8) is 0 Å². The lowest BCUT2D eigenvalue weighted by Crippen LogP contribution is -2.60. The molecule has 0 radical (unpaired) electrons. The highest BCUT2D eigenvalue weighted by atomic mass is 16.7. The zero-order valence-electron chi connectivity index (χ0n) is 20.0. The van der Waals surface area contributed by atoms with Crippen molar-refractivity contribution in [2.45, 2.75) is 108 Å². The zero-order valence-corrected chi connectivity index (χ0v) is 20.0. The van der Waals surface area contributed by atoms with Gasteiger partial charge >= 0.3 is 0 Å². The molecule has 5 aliphatic rings. The van der Waals surface area contributed by atoms with E-state index in [1.54, 1.807) is 0 Å². The van der Waals surface area contributed by atoms with Crippen molar-refractivity contribution in [3.05, 3.63) is 11.3 Å². The molecule has 0 aromatic carbocycles. The molecule has 0 bridgehead atoms. The Hall–Kier alpha value is -0.700. The Balaban J connectivity index is 1.30. The fourth-order valence-electron chi connectivity index (χ4n) is 8.47. The second-order valence-electron chi connectivity index (χ2n) is 11.7. The van der Waals surface area contributed by atoms with E-state index in [1.165, 1.54) is 24.8 Å². The summed E-state index contributed by atoms with van der Waals surface area (Å²) in [5.41, 5.74) is 1.26. The van der Waals surface area contributed by atoms with Gasteiger partial charge in [0.25, 0.3) is 0 Å². The van der Waals surface area contributed by atoms with Crippen molar-refractivity contribution in [2.75, 3.05) is 6.61 Å². The minimum atomic E-state index is -1.40. The molecule has 0 amide bonds. The maximum Gasteiger partial charge on any atom is 0.186 e. The number of ether oxygens (including phenoxy) is 2. The fourth-order valence-corrected chi connectivity index (χ4v) is 8.47. The molecule has 7 heteroatoms. The second kappa shape index (κ2) is 9.07. The molecule has 5 N–H and O–H groups in total. The van der Waals surface area contributed by atoms with E-state index in [-0.39, 0.29) is 11.5 Å². The van der Waals surface area contributed by atoms with Gasteiger partial charge in [0.15, 0.2) is 6.29 Å². The zero-order chi connectivity index (χ0) is 23.5. The largest absolute Gasteiger partial charge is 0.512 e. The van der Waals surface area contributed by atoms with Crippen molar-refractivity contribution < 1.29 is 35.0 Å². The van der Waals surface area contributed by atoms with Crippen molar-refractivity contribution in [3.8, 4) is 0 Å². The predicted molar refractivity (Wildman–Crippen MR) is 121 cm³/mol. The van der Waals surface area contributed by atoms with E-state index in [1.807, 2.05) is 0 Å². The summed E-state index contributed by atoms with van der Waals surface area (Å²) in [6.45, 7) is 4.04. The molecule has 7 nitrogen and oxygen atoms in total. The summed E-state index contributed by atoms with van der Waals surface area (Å²) in [7, 11) is 0. The molecule has 4 aliphatic carbocycles. The fraction of sp³-hybridized carbons (Fsp3) is 0.923. The van der Waals surface area contributed by atoms with E-state index >= 15 is 0 Å². The minimum Gasteiger partial charge on any atom is -0.512 e. The average Bonchev–Trinajstić information content (AvgIpc) is 3.14. The van der Waals surface area contributed by atoms with Crippen LogP contribution in [0.3, 0.4) is 0 Å². The second-order valence-corrected chi connectivity index (χ2v) is 11.7. The first kappa shape index (κ1) is 24.0. The highest BCUT2D eigenvalue weighted by Gasteiger charge is 2.58. The molecule has 0 spiro atoms. The Kier molecular flexibility index (Phi) is 6.60. The molecule has 5 rings (SSSR count). The molecule has 4 fully saturated rings. The highest BCUT2D eigenvalue weighted by Crippen LogP contribution is 2.63. The van der Waals surface area contributed by atoms with Gasteiger partial charge in [-0.2, -0.15) is 0 Å². The van der Waals surface area contributed by atoms with Crippen LogP contribution >= 0.6 is 0 Å². The Labute approximate surface area is 196 Å². The lowest BCUT2D eigenvalue weighted by Gasteiger charge is -2.55. The maximum atomic E-state index is 10.5. The molecular formula is C26H42O7. The highest BCUT2D eigenvalue weighted by molar-refractivity contribution is 5.17. The third-order valence-electron chi connectivity index (χ3n) is 10.4. The summed E-state index contributed by atoms with van der Waals surface area (Å²) < 4.78 is 12.0. The normalized spacial score (nSPS) is 52.2. The molecule has 0 aromatic rings.